The van der Waals surface area contributed by atoms with Gasteiger partial charge in [0.1, 0.15) is 17.1 Å². The lowest BCUT2D eigenvalue weighted by Gasteiger charge is -2.27. The van der Waals surface area contributed by atoms with Gasteiger partial charge in [-0.25, -0.2) is 0 Å². The molecule has 4 rings (SSSR count). The molecule has 0 atom stereocenters. The lowest BCUT2D eigenvalue weighted by molar-refractivity contribution is -0.154. The number of piperidine rings is 1. The van der Waals surface area contributed by atoms with Gasteiger partial charge in [-0.2, -0.15) is 13.2 Å². The van der Waals surface area contributed by atoms with Crippen LogP contribution in [0, 0.1) is 13.8 Å². The molecule has 0 unspecified atom stereocenters. The molecule has 1 fully saturated rings. The van der Waals surface area contributed by atoms with E-state index in [-0.39, 0.29) is 34.6 Å². The Morgan fingerprint density at radius 2 is 1.81 bits per heavy atom. The van der Waals surface area contributed by atoms with Crippen molar-refractivity contribution in [2.45, 2.75) is 45.8 Å². The molecule has 0 amide bonds. The Morgan fingerprint density at radius 1 is 1.09 bits per heavy atom. The van der Waals surface area contributed by atoms with E-state index in [0.717, 1.165) is 37.9 Å². The summed E-state index contributed by atoms with van der Waals surface area (Å²) in [6.07, 6.45) is -1.94. The second-order valence-electron chi connectivity index (χ2n) is 8.23. The van der Waals surface area contributed by atoms with Gasteiger partial charge in [-0.3, -0.25) is 9.69 Å². The number of hydrogen-bond donors (Lipinski definition) is 1. The maximum Gasteiger partial charge on any atom is 0.453 e. The van der Waals surface area contributed by atoms with E-state index in [1.54, 1.807) is 32.0 Å². The molecule has 5 nitrogen and oxygen atoms in total. The summed E-state index contributed by atoms with van der Waals surface area (Å²) in [7, 11) is 0. The van der Waals surface area contributed by atoms with Crippen LogP contribution in [-0.4, -0.2) is 23.1 Å². The molecule has 0 aliphatic carbocycles. The Hall–Kier alpha value is -3.00. The zero-order valence-electron chi connectivity index (χ0n) is 17.9. The van der Waals surface area contributed by atoms with Crippen molar-refractivity contribution in [3.8, 4) is 17.2 Å². The number of rotatable bonds is 4. The molecule has 0 radical (unpaired) electrons. The molecule has 2 heterocycles. The van der Waals surface area contributed by atoms with Crippen molar-refractivity contribution in [2.75, 3.05) is 13.1 Å². The first-order valence-corrected chi connectivity index (χ1v) is 10.5. The van der Waals surface area contributed by atoms with Crippen molar-refractivity contribution in [3.05, 3.63) is 63.0 Å². The summed E-state index contributed by atoms with van der Waals surface area (Å²) in [4.78, 5) is 15.2. The molecule has 8 heteroatoms. The maximum atomic E-state index is 13.9. The minimum absolute atomic E-state index is 0.0666. The minimum atomic E-state index is -4.96. The monoisotopic (exact) mass is 447 g/mol. The summed E-state index contributed by atoms with van der Waals surface area (Å²) in [5.74, 6) is -2.48. The average molecular weight is 447 g/mol. The average Bonchev–Trinajstić information content (AvgIpc) is 2.74. The summed E-state index contributed by atoms with van der Waals surface area (Å²) in [6, 6.07) is 7.65. The van der Waals surface area contributed by atoms with E-state index < -0.39 is 23.1 Å². The smallest absolute Gasteiger partial charge is 0.453 e. The van der Waals surface area contributed by atoms with E-state index >= 15 is 0 Å². The summed E-state index contributed by atoms with van der Waals surface area (Å²) in [6.45, 7) is 5.18. The molecule has 0 spiro atoms. The summed E-state index contributed by atoms with van der Waals surface area (Å²) in [5, 5.41) is 10.3. The number of phenolic OH excluding ortho intramolecular Hbond substituents is 1. The first-order chi connectivity index (χ1) is 15.1. The van der Waals surface area contributed by atoms with Gasteiger partial charge < -0.3 is 14.3 Å². The Bertz CT molecular complexity index is 1210. The summed E-state index contributed by atoms with van der Waals surface area (Å²) >= 11 is 0. The molecule has 2 aromatic carbocycles. The zero-order valence-corrected chi connectivity index (χ0v) is 17.9. The number of likely N-dealkylation sites (tertiary alicyclic amines) is 1. The van der Waals surface area contributed by atoms with E-state index in [1.165, 1.54) is 12.1 Å². The van der Waals surface area contributed by atoms with Gasteiger partial charge in [0, 0.05) is 6.54 Å². The fourth-order valence-corrected chi connectivity index (χ4v) is 3.99. The van der Waals surface area contributed by atoms with Crippen molar-refractivity contribution < 1.29 is 27.4 Å². The highest BCUT2D eigenvalue weighted by Crippen LogP contribution is 2.40. The maximum absolute atomic E-state index is 13.9. The Kier molecular flexibility index (Phi) is 5.90. The number of ether oxygens (including phenoxy) is 1. The van der Waals surface area contributed by atoms with Crippen molar-refractivity contribution in [2.24, 2.45) is 0 Å². The Morgan fingerprint density at radius 3 is 2.50 bits per heavy atom. The fraction of sp³-hybridized carbons (Fsp3) is 0.375. The summed E-state index contributed by atoms with van der Waals surface area (Å²) in [5.41, 5.74) is 0.337. The van der Waals surface area contributed by atoms with Gasteiger partial charge in [0.25, 0.3) is 5.76 Å². The lowest BCUT2D eigenvalue weighted by atomic mass is 10.1. The van der Waals surface area contributed by atoms with Crippen LogP contribution >= 0.6 is 0 Å². The van der Waals surface area contributed by atoms with Crippen LogP contribution in [0.2, 0.25) is 0 Å². The minimum Gasteiger partial charge on any atom is -0.507 e. The van der Waals surface area contributed by atoms with E-state index in [2.05, 4.69) is 0 Å². The van der Waals surface area contributed by atoms with Crippen LogP contribution < -0.4 is 10.2 Å². The highest BCUT2D eigenvalue weighted by atomic mass is 19.4. The lowest BCUT2D eigenvalue weighted by Crippen LogP contribution is -2.29. The Labute approximate surface area is 183 Å². The van der Waals surface area contributed by atoms with Gasteiger partial charge >= 0.3 is 6.18 Å². The number of aryl methyl sites for hydroxylation is 2. The highest BCUT2D eigenvalue weighted by Gasteiger charge is 2.41. The van der Waals surface area contributed by atoms with Crippen molar-refractivity contribution >= 4 is 11.0 Å². The molecule has 32 heavy (non-hydrogen) atoms. The predicted molar refractivity (Wildman–Crippen MR) is 114 cm³/mol. The van der Waals surface area contributed by atoms with Gasteiger partial charge in [0.2, 0.25) is 11.2 Å². The van der Waals surface area contributed by atoms with E-state index in [4.69, 9.17) is 9.15 Å². The molecule has 1 aliphatic rings. The third kappa shape index (κ3) is 4.32. The zero-order chi connectivity index (χ0) is 23.0. The Balaban J connectivity index is 1.90. The second kappa shape index (κ2) is 8.50. The van der Waals surface area contributed by atoms with E-state index in [0.29, 0.717) is 5.56 Å². The SMILES string of the molecule is Cc1ccc(C)c(Oc2c(C(F)(F)F)oc3c(CN4CCCCC4)c(O)ccc3c2=O)c1. The molecule has 3 aromatic rings. The number of alkyl halides is 3. The van der Waals surface area contributed by atoms with Crippen molar-refractivity contribution in [3.63, 3.8) is 0 Å². The third-order valence-corrected chi connectivity index (χ3v) is 5.74. The normalized spacial score (nSPS) is 15.3. The van der Waals surface area contributed by atoms with Gasteiger partial charge in [-0.05, 0) is 69.1 Å². The molecule has 1 N–H and O–H groups in total. The van der Waals surface area contributed by atoms with Gasteiger partial charge in [0.05, 0.1) is 10.9 Å². The largest absolute Gasteiger partial charge is 0.507 e. The second-order valence-corrected chi connectivity index (χ2v) is 8.23. The quantitative estimate of drug-likeness (QED) is 0.539. The van der Waals surface area contributed by atoms with Crippen molar-refractivity contribution in [1.82, 2.24) is 4.90 Å². The number of aromatic hydroxyl groups is 1. The fourth-order valence-electron chi connectivity index (χ4n) is 3.99. The highest BCUT2D eigenvalue weighted by molar-refractivity contribution is 5.83. The van der Waals surface area contributed by atoms with Crippen LogP contribution in [0.4, 0.5) is 13.2 Å². The number of phenols is 1. The van der Waals surface area contributed by atoms with Crippen molar-refractivity contribution in [1.29, 1.82) is 0 Å². The van der Waals surface area contributed by atoms with Crippen LogP contribution in [0.3, 0.4) is 0 Å². The number of halogens is 3. The van der Waals surface area contributed by atoms with Gasteiger partial charge in [0.15, 0.2) is 0 Å². The number of hydrogen-bond acceptors (Lipinski definition) is 5. The molecule has 0 bridgehead atoms. The molecular formula is C24H24F3NO4. The standard InChI is InChI=1S/C24H24F3NO4/c1-14-6-7-15(2)19(12-14)31-22-20(30)16-8-9-18(29)17(13-28-10-4-3-5-11-28)21(16)32-23(22)24(25,26)27/h6-9,12,29H,3-5,10-11,13H2,1-2H3. The van der Waals surface area contributed by atoms with Crippen LogP contribution in [0.15, 0.2) is 39.5 Å². The number of fused-ring (bicyclic) bond motifs is 1. The van der Waals surface area contributed by atoms with E-state index in [1.807, 2.05) is 4.90 Å². The first kappa shape index (κ1) is 22.2. The summed E-state index contributed by atoms with van der Waals surface area (Å²) < 4.78 is 52.6. The van der Waals surface area contributed by atoms with E-state index in [9.17, 15) is 23.1 Å². The van der Waals surface area contributed by atoms with Crippen LogP contribution in [0.5, 0.6) is 17.2 Å². The molecule has 1 aliphatic heterocycles. The topological polar surface area (TPSA) is 62.9 Å². The molecule has 1 saturated heterocycles. The van der Waals surface area contributed by atoms with Gasteiger partial charge in [-0.15, -0.1) is 0 Å². The number of benzene rings is 2. The first-order valence-electron chi connectivity index (χ1n) is 10.5. The third-order valence-electron chi connectivity index (χ3n) is 5.74. The molecular weight excluding hydrogens is 423 g/mol. The predicted octanol–water partition coefficient (Wildman–Crippen LogP) is 5.91. The molecule has 0 saturated carbocycles. The van der Waals surface area contributed by atoms with Crippen LogP contribution in [0.1, 0.15) is 41.7 Å². The molecule has 1 aromatic heterocycles. The van der Waals surface area contributed by atoms with Crippen LogP contribution in [-0.2, 0) is 12.7 Å². The van der Waals surface area contributed by atoms with Crippen LogP contribution in [0.25, 0.3) is 11.0 Å². The van der Waals surface area contributed by atoms with Gasteiger partial charge in [-0.1, -0.05) is 18.6 Å². The molecule has 170 valence electrons. The number of nitrogens with zero attached hydrogens (tertiary/aromatic N) is 1.